The number of anilines is 2. The smallest absolute Gasteiger partial charge is 0.229 e. The average molecular weight is 455 g/mol. The van der Waals surface area contributed by atoms with Crippen LogP contribution in [0.5, 0.6) is 11.5 Å². The Morgan fingerprint density at radius 2 is 1.65 bits per heavy atom. The molecule has 0 bridgehead atoms. The molecule has 7 heteroatoms. The predicted octanol–water partition coefficient (Wildman–Crippen LogP) is 6.09. The van der Waals surface area contributed by atoms with Crippen LogP contribution in [0, 0.1) is 12.8 Å². The van der Waals surface area contributed by atoms with E-state index < -0.39 is 5.92 Å². The van der Waals surface area contributed by atoms with Gasteiger partial charge in [0.15, 0.2) is 0 Å². The number of benzene rings is 3. The normalized spacial score (nSPS) is 15.8. The molecule has 1 atom stereocenters. The molecule has 0 saturated carbocycles. The number of aryl methyl sites for hydroxylation is 1. The van der Waals surface area contributed by atoms with Gasteiger partial charge in [0.2, 0.25) is 11.8 Å². The lowest BCUT2D eigenvalue weighted by Gasteiger charge is -2.17. The zero-order chi connectivity index (χ0) is 22.0. The molecule has 0 aliphatic carbocycles. The highest BCUT2D eigenvalue weighted by Crippen LogP contribution is 2.30. The summed E-state index contributed by atoms with van der Waals surface area (Å²) >= 11 is 12.1. The van der Waals surface area contributed by atoms with Gasteiger partial charge in [0.25, 0.3) is 0 Å². The third-order valence-corrected chi connectivity index (χ3v) is 5.79. The third kappa shape index (κ3) is 5.01. The number of nitrogens with zero attached hydrogens (tertiary/aromatic N) is 1. The van der Waals surface area contributed by atoms with Crippen molar-refractivity contribution < 1.29 is 14.3 Å². The van der Waals surface area contributed by atoms with Crippen LogP contribution in [0.1, 0.15) is 12.0 Å². The van der Waals surface area contributed by atoms with Crippen LogP contribution in [0.25, 0.3) is 0 Å². The SMILES string of the molecule is Cc1ccc(N2C[C@H](C(=O)Nc3ccc(Oc4ccc(Cl)cc4)cc3)CC2=O)cc1Cl. The molecule has 3 aromatic carbocycles. The molecule has 31 heavy (non-hydrogen) atoms. The minimum Gasteiger partial charge on any atom is -0.457 e. The van der Waals surface area contributed by atoms with Crippen LogP contribution >= 0.6 is 23.2 Å². The van der Waals surface area contributed by atoms with Crippen LogP contribution in [0.3, 0.4) is 0 Å². The van der Waals surface area contributed by atoms with E-state index in [4.69, 9.17) is 27.9 Å². The summed E-state index contributed by atoms with van der Waals surface area (Å²) in [4.78, 5) is 26.8. The summed E-state index contributed by atoms with van der Waals surface area (Å²) < 4.78 is 5.75. The van der Waals surface area contributed by atoms with Crippen molar-refractivity contribution >= 4 is 46.4 Å². The van der Waals surface area contributed by atoms with Gasteiger partial charge in [0.05, 0.1) is 5.92 Å². The summed E-state index contributed by atoms with van der Waals surface area (Å²) in [5, 5.41) is 4.11. The molecular formula is C24H20Cl2N2O3. The molecule has 1 fully saturated rings. The lowest BCUT2D eigenvalue weighted by atomic mass is 10.1. The Bertz CT molecular complexity index is 1110. The van der Waals surface area contributed by atoms with Crippen molar-refractivity contribution in [3.8, 4) is 11.5 Å². The van der Waals surface area contributed by atoms with E-state index in [1.165, 1.54) is 0 Å². The molecule has 0 aromatic heterocycles. The molecule has 1 aliphatic heterocycles. The predicted molar refractivity (Wildman–Crippen MR) is 123 cm³/mol. The first-order valence-electron chi connectivity index (χ1n) is 9.80. The van der Waals surface area contributed by atoms with E-state index in [1.807, 2.05) is 19.1 Å². The Balaban J connectivity index is 1.37. The molecular weight excluding hydrogens is 435 g/mol. The molecule has 4 rings (SSSR count). The maximum Gasteiger partial charge on any atom is 0.229 e. The first-order chi connectivity index (χ1) is 14.9. The van der Waals surface area contributed by atoms with Crippen molar-refractivity contribution in [2.24, 2.45) is 5.92 Å². The summed E-state index contributed by atoms with van der Waals surface area (Å²) in [6, 6.07) is 19.6. The van der Waals surface area contributed by atoms with Gasteiger partial charge in [-0.1, -0.05) is 29.3 Å². The molecule has 1 saturated heterocycles. The van der Waals surface area contributed by atoms with E-state index in [2.05, 4.69) is 5.32 Å². The summed E-state index contributed by atoms with van der Waals surface area (Å²) in [5.74, 6) is 0.588. The highest BCUT2D eigenvalue weighted by molar-refractivity contribution is 6.31. The topological polar surface area (TPSA) is 58.6 Å². The number of hydrogen-bond acceptors (Lipinski definition) is 3. The van der Waals surface area contributed by atoms with Crippen LogP contribution in [-0.2, 0) is 9.59 Å². The van der Waals surface area contributed by atoms with Crippen LogP contribution in [0.15, 0.2) is 66.7 Å². The molecule has 1 N–H and O–H groups in total. The van der Waals surface area contributed by atoms with Gasteiger partial charge < -0.3 is 15.0 Å². The fourth-order valence-corrected chi connectivity index (χ4v) is 3.67. The molecule has 0 unspecified atom stereocenters. The zero-order valence-electron chi connectivity index (χ0n) is 16.8. The maximum atomic E-state index is 12.7. The zero-order valence-corrected chi connectivity index (χ0v) is 18.3. The fraction of sp³-hybridized carbons (Fsp3) is 0.167. The first kappa shape index (κ1) is 21.2. The van der Waals surface area contributed by atoms with Crippen molar-refractivity contribution in [1.29, 1.82) is 0 Å². The second-order valence-corrected chi connectivity index (χ2v) is 8.25. The number of rotatable bonds is 5. The van der Waals surface area contributed by atoms with Crippen molar-refractivity contribution in [1.82, 2.24) is 0 Å². The molecule has 3 aromatic rings. The third-order valence-electron chi connectivity index (χ3n) is 5.13. The Kier molecular flexibility index (Phi) is 6.16. The van der Waals surface area contributed by atoms with Gasteiger partial charge in [-0.25, -0.2) is 0 Å². The van der Waals surface area contributed by atoms with Crippen LogP contribution in [0.4, 0.5) is 11.4 Å². The minimum absolute atomic E-state index is 0.0909. The van der Waals surface area contributed by atoms with Gasteiger partial charge in [-0.15, -0.1) is 0 Å². The second-order valence-electron chi connectivity index (χ2n) is 7.41. The largest absolute Gasteiger partial charge is 0.457 e. The van der Waals surface area contributed by atoms with Gasteiger partial charge in [-0.2, -0.15) is 0 Å². The minimum atomic E-state index is -0.433. The number of hydrogen-bond donors (Lipinski definition) is 1. The molecule has 1 heterocycles. The number of carbonyl (C=O) groups is 2. The molecule has 5 nitrogen and oxygen atoms in total. The quantitative estimate of drug-likeness (QED) is 0.507. The van der Waals surface area contributed by atoms with Gasteiger partial charge in [0, 0.05) is 34.4 Å². The number of halogens is 2. The van der Waals surface area contributed by atoms with E-state index in [0.717, 1.165) is 5.56 Å². The Hall–Kier alpha value is -3.02. The molecule has 158 valence electrons. The van der Waals surface area contributed by atoms with E-state index in [0.29, 0.717) is 39.5 Å². The van der Waals surface area contributed by atoms with Crippen molar-refractivity contribution in [3.05, 3.63) is 82.3 Å². The highest BCUT2D eigenvalue weighted by Gasteiger charge is 2.35. The number of ether oxygens (including phenoxy) is 1. The van der Waals surface area contributed by atoms with Gasteiger partial charge in [-0.05, 0) is 73.2 Å². The molecule has 0 spiro atoms. The standard InChI is InChI=1S/C24H20Cl2N2O3/c1-15-2-7-19(13-22(15)26)28-14-16(12-23(28)29)24(30)27-18-5-10-21(11-6-18)31-20-8-3-17(25)4-9-20/h2-11,13,16H,12,14H2,1H3,(H,27,30)/t16-/m1/s1. The summed E-state index contributed by atoms with van der Waals surface area (Å²) in [5.41, 5.74) is 2.28. The molecule has 0 radical (unpaired) electrons. The van der Waals surface area contributed by atoms with E-state index >= 15 is 0 Å². The van der Waals surface area contributed by atoms with Crippen molar-refractivity contribution in [2.75, 3.05) is 16.8 Å². The van der Waals surface area contributed by atoms with Gasteiger partial charge >= 0.3 is 0 Å². The monoisotopic (exact) mass is 454 g/mol. The fourth-order valence-electron chi connectivity index (χ4n) is 3.37. The summed E-state index contributed by atoms with van der Waals surface area (Å²) in [6.07, 6.45) is 0.162. The highest BCUT2D eigenvalue weighted by atomic mass is 35.5. The van der Waals surface area contributed by atoms with Gasteiger partial charge in [0.1, 0.15) is 11.5 Å². The van der Waals surface area contributed by atoms with E-state index in [-0.39, 0.29) is 18.2 Å². The molecule has 1 aliphatic rings. The second kappa shape index (κ2) is 9.00. The first-order valence-corrected chi connectivity index (χ1v) is 10.6. The maximum absolute atomic E-state index is 12.7. The Morgan fingerprint density at radius 3 is 2.29 bits per heavy atom. The van der Waals surface area contributed by atoms with E-state index in [9.17, 15) is 9.59 Å². The van der Waals surface area contributed by atoms with Crippen LogP contribution in [0.2, 0.25) is 10.0 Å². The Morgan fingerprint density at radius 1 is 1.00 bits per heavy atom. The lowest BCUT2D eigenvalue weighted by molar-refractivity contribution is -0.122. The number of amides is 2. The summed E-state index contributed by atoms with van der Waals surface area (Å²) in [6.45, 7) is 2.22. The number of carbonyl (C=O) groups excluding carboxylic acids is 2. The Labute approximate surface area is 190 Å². The van der Waals surface area contributed by atoms with E-state index in [1.54, 1.807) is 59.5 Å². The number of nitrogens with one attached hydrogen (secondary N) is 1. The summed E-state index contributed by atoms with van der Waals surface area (Å²) in [7, 11) is 0. The van der Waals surface area contributed by atoms with Crippen molar-refractivity contribution in [2.45, 2.75) is 13.3 Å². The lowest BCUT2D eigenvalue weighted by Crippen LogP contribution is -2.28. The van der Waals surface area contributed by atoms with Crippen LogP contribution in [-0.4, -0.2) is 18.4 Å². The van der Waals surface area contributed by atoms with Gasteiger partial charge in [-0.3, -0.25) is 9.59 Å². The van der Waals surface area contributed by atoms with Crippen LogP contribution < -0.4 is 15.0 Å². The average Bonchev–Trinajstić information content (AvgIpc) is 3.15. The van der Waals surface area contributed by atoms with Crippen molar-refractivity contribution in [3.63, 3.8) is 0 Å². The molecule has 2 amide bonds.